The molecule has 0 aliphatic carbocycles. The number of nitrogens with zero attached hydrogens (tertiary/aromatic N) is 1. The average Bonchev–Trinajstić information content (AvgIpc) is 3.28. The van der Waals surface area contributed by atoms with Gasteiger partial charge in [-0.15, -0.1) is 11.8 Å². The van der Waals surface area contributed by atoms with Gasteiger partial charge >= 0.3 is 5.97 Å². The van der Waals surface area contributed by atoms with Crippen LogP contribution >= 0.6 is 11.8 Å². The summed E-state index contributed by atoms with van der Waals surface area (Å²) in [5.41, 5.74) is 6.95. The fourth-order valence-corrected chi connectivity index (χ4v) is 9.53. The molecule has 7 rings (SSSR count). The van der Waals surface area contributed by atoms with Crippen molar-refractivity contribution in [2.45, 2.75) is 67.9 Å². The number of aromatic nitrogens is 1. The number of sulfonamides is 1. The molecule has 5 atom stereocenters. The zero-order chi connectivity index (χ0) is 42.9. The third kappa shape index (κ3) is 11.0. The van der Waals surface area contributed by atoms with Crippen molar-refractivity contribution in [3.8, 4) is 11.1 Å². The largest absolute Gasteiger partial charge is 0.478 e. The van der Waals surface area contributed by atoms with Crippen LogP contribution in [0.25, 0.3) is 11.1 Å². The van der Waals surface area contributed by atoms with E-state index in [-0.39, 0.29) is 48.2 Å². The van der Waals surface area contributed by atoms with Crippen molar-refractivity contribution in [1.82, 2.24) is 15.0 Å². The standard InChI is InChI=1S/C48H47N3O8S2/c1-31-16-22-40(23-17-31)61(56,57)51-42(26-33-9-4-3-5-10-33)45(53)50-28-35-11-6-12-37(25-35)38-13-7-14-39(27-38)48-58-43(30-60-46-41(47(54)55)15-8-24-49-46)32(2)44(59-48)36-20-18-34(29-52)19-21-36/h3-25,27,32,42-44,48,51-52H,26,28-30H2,1-2H3,(H,50,53)(H,54,55)/t32-,42-,43+,44+,48+/m1/s1. The number of rotatable bonds is 16. The number of aliphatic hydroxyl groups excluding tert-OH is 1. The van der Waals surface area contributed by atoms with Crippen LogP contribution in [0.1, 0.15) is 63.1 Å². The Morgan fingerprint density at radius 2 is 1.49 bits per heavy atom. The number of aliphatic hydroxyl groups is 1. The summed E-state index contributed by atoms with van der Waals surface area (Å²) in [5.74, 6) is -1.20. The maximum Gasteiger partial charge on any atom is 0.338 e. The molecular weight excluding hydrogens is 811 g/mol. The summed E-state index contributed by atoms with van der Waals surface area (Å²) in [5, 5.41) is 22.8. The number of carboxylic acids is 1. The second-order valence-electron chi connectivity index (χ2n) is 15.0. The lowest BCUT2D eigenvalue weighted by atomic mass is 9.91. The van der Waals surface area contributed by atoms with Crippen molar-refractivity contribution in [1.29, 1.82) is 0 Å². The smallest absolute Gasteiger partial charge is 0.338 e. The van der Waals surface area contributed by atoms with Crippen LogP contribution in [-0.2, 0) is 43.9 Å². The van der Waals surface area contributed by atoms with Gasteiger partial charge in [0.25, 0.3) is 0 Å². The van der Waals surface area contributed by atoms with Gasteiger partial charge in [0.2, 0.25) is 15.9 Å². The molecule has 1 aliphatic rings. The number of hydrogen-bond donors (Lipinski definition) is 4. The predicted molar refractivity (Wildman–Crippen MR) is 234 cm³/mol. The fourth-order valence-electron chi connectivity index (χ4n) is 7.19. The second-order valence-corrected chi connectivity index (χ2v) is 17.7. The highest BCUT2D eigenvalue weighted by Crippen LogP contribution is 2.43. The van der Waals surface area contributed by atoms with Crippen molar-refractivity contribution in [2.75, 3.05) is 5.75 Å². The van der Waals surface area contributed by atoms with Gasteiger partial charge in [-0.2, -0.15) is 4.72 Å². The predicted octanol–water partition coefficient (Wildman–Crippen LogP) is 8.04. The Bertz CT molecular complexity index is 2560. The third-order valence-electron chi connectivity index (χ3n) is 10.6. The van der Waals surface area contributed by atoms with Crippen molar-refractivity contribution in [3.05, 3.63) is 185 Å². The van der Waals surface area contributed by atoms with Crippen molar-refractivity contribution in [3.63, 3.8) is 0 Å². The molecule has 1 fully saturated rings. The van der Waals surface area contributed by atoms with Gasteiger partial charge in [-0.1, -0.05) is 116 Å². The summed E-state index contributed by atoms with van der Waals surface area (Å²) in [4.78, 5) is 30.1. The molecule has 0 spiro atoms. The molecule has 13 heteroatoms. The minimum absolute atomic E-state index is 0.0758. The average molecular weight is 858 g/mol. The van der Waals surface area contributed by atoms with E-state index in [0.29, 0.717) is 10.8 Å². The number of aromatic carboxylic acids is 1. The first-order valence-corrected chi connectivity index (χ1v) is 22.4. The molecule has 1 amide bonds. The Morgan fingerprint density at radius 3 is 2.21 bits per heavy atom. The number of hydrogen-bond acceptors (Lipinski definition) is 9. The van der Waals surface area contributed by atoms with Gasteiger partial charge in [-0.05, 0) is 83.1 Å². The van der Waals surface area contributed by atoms with Gasteiger partial charge in [-0.3, -0.25) is 4.79 Å². The molecule has 0 radical (unpaired) electrons. The van der Waals surface area contributed by atoms with E-state index in [1.807, 2.05) is 117 Å². The molecular formula is C48H47N3O8S2. The van der Waals surface area contributed by atoms with E-state index >= 15 is 0 Å². The fraction of sp³-hybridized carbons (Fsp3) is 0.229. The molecule has 0 saturated carbocycles. The lowest BCUT2D eigenvalue weighted by Crippen LogP contribution is -2.47. The normalized spacial score (nSPS) is 18.3. The van der Waals surface area contributed by atoms with Gasteiger partial charge < -0.3 is 25.0 Å². The van der Waals surface area contributed by atoms with Crippen LogP contribution in [0, 0.1) is 12.8 Å². The van der Waals surface area contributed by atoms with E-state index in [2.05, 4.69) is 15.0 Å². The highest BCUT2D eigenvalue weighted by atomic mass is 32.2. The first kappa shape index (κ1) is 43.4. The number of carboxylic acid groups (broad SMARTS) is 1. The van der Waals surface area contributed by atoms with Crippen LogP contribution < -0.4 is 10.0 Å². The quantitative estimate of drug-likeness (QED) is 0.0701. The Hall–Kier alpha value is -5.67. The first-order chi connectivity index (χ1) is 29.5. The summed E-state index contributed by atoms with van der Waals surface area (Å²) in [6.07, 6.45) is 0.251. The number of thioether (sulfide) groups is 1. The maximum atomic E-state index is 13.7. The minimum Gasteiger partial charge on any atom is -0.478 e. The van der Waals surface area contributed by atoms with Crippen LogP contribution in [0.2, 0.25) is 0 Å². The summed E-state index contributed by atoms with van der Waals surface area (Å²) in [6.45, 7) is 4.01. The van der Waals surface area contributed by atoms with Gasteiger partial charge in [-0.25, -0.2) is 18.2 Å². The summed E-state index contributed by atoms with van der Waals surface area (Å²) >= 11 is 1.33. The van der Waals surface area contributed by atoms with Crippen molar-refractivity contribution < 1.29 is 37.7 Å². The van der Waals surface area contributed by atoms with E-state index in [9.17, 15) is 28.2 Å². The number of pyridine rings is 1. The molecule has 0 bridgehead atoms. The number of aryl methyl sites for hydroxylation is 1. The third-order valence-corrected chi connectivity index (χ3v) is 13.2. The Morgan fingerprint density at radius 1 is 0.787 bits per heavy atom. The van der Waals surface area contributed by atoms with Gasteiger partial charge in [0.05, 0.1) is 29.3 Å². The maximum absolute atomic E-state index is 13.7. The molecule has 0 unspecified atom stereocenters. The summed E-state index contributed by atoms with van der Waals surface area (Å²) in [7, 11) is -4.00. The Labute approximate surface area is 360 Å². The highest BCUT2D eigenvalue weighted by Gasteiger charge is 2.39. The van der Waals surface area contributed by atoms with Crippen LogP contribution in [0.5, 0.6) is 0 Å². The number of carbonyl (C=O) groups excluding carboxylic acids is 1. The molecule has 5 aromatic carbocycles. The topological polar surface area (TPSA) is 164 Å². The van der Waals surface area contributed by atoms with Crippen molar-refractivity contribution >= 4 is 33.7 Å². The van der Waals surface area contributed by atoms with Crippen molar-refractivity contribution in [2.24, 2.45) is 5.92 Å². The highest BCUT2D eigenvalue weighted by molar-refractivity contribution is 7.99. The molecule has 6 aromatic rings. The van der Waals surface area contributed by atoms with E-state index in [4.69, 9.17) is 9.47 Å². The SMILES string of the molecule is Cc1ccc(S(=O)(=O)N[C@H](Cc2ccccc2)C(=O)NCc2cccc(-c3cccc([C@H]4O[C@@H](CSc5ncccc5C(=O)O)[C@@H](C)[C@@H](c5ccc(CO)cc5)O4)c3)c2)cc1. The van der Waals surface area contributed by atoms with E-state index in [1.165, 1.54) is 30.0 Å². The van der Waals surface area contributed by atoms with Crippen LogP contribution in [0.3, 0.4) is 0 Å². The van der Waals surface area contributed by atoms with Gasteiger partial charge in [0.1, 0.15) is 11.1 Å². The molecule has 4 N–H and O–H groups in total. The molecule has 1 aliphatic heterocycles. The van der Waals surface area contributed by atoms with Gasteiger partial charge in [0, 0.05) is 30.0 Å². The molecule has 1 aromatic heterocycles. The molecule has 11 nitrogen and oxygen atoms in total. The van der Waals surface area contributed by atoms with E-state index in [0.717, 1.165) is 44.5 Å². The van der Waals surface area contributed by atoms with Crippen LogP contribution in [0.4, 0.5) is 0 Å². The molecule has 61 heavy (non-hydrogen) atoms. The summed E-state index contributed by atoms with van der Waals surface area (Å²) < 4.78 is 42.8. The molecule has 314 valence electrons. The summed E-state index contributed by atoms with van der Waals surface area (Å²) in [6, 6.07) is 41.1. The monoisotopic (exact) mass is 857 g/mol. The number of ether oxygens (including phenoxy) is 2. The number of carbonyl (C=O) groups is 2. The van der Waals surface area contributed by atoms with Crippen LogP contribution in [-0.4, -0.2) is 53.4 Å². The second kappa shape index (κ2) is 19.8. The number of benzene rings is 5. The van der Waals surface area contributed by atoms with E-state index < -0.39 is 34.2 Å². The lowest BCUT2D eigenvalue weighted by molar-refractivity contribution is -0.268. The minimum atomic E-state index is -4.00. The number of nitrogens with one attached hydrogen (secondary N) is 2. The van der Waals surface area contributed by atoms with E-state index in [1.54, 1.807) is 24.4 Å². The lowest BCUT2D eigenvalue weighted by Gasteiger charge is -2.41. The zero-order valence-corrected chi connectivity index (χ0v) is 35.3. The molecule has 1 saturated heterocycles. The van der Waals surface area contributed by atoms with Crippen LogP contribution in [0.15, 0.2) is 156 Å². The number of amides is 1. The Balaban J connectivity index is 1.09. The van der Waals surface area contributed by atoms with Gasteiger partial charge in [0.15, 0.2) is 6.29 Å². The Kier molecular flexibility index (Phi) is 14.1. The molecule has 2 heterocycles. The zero-order valence-electron chi connectivity index (χ0n) is 33.7. The first-order valence-electron chi connectivity index (χ1n) is 19.9.